The fourth-order valence-corrected chi connectivity index (χ4v) is 0.412. The number of aliphatic hydroxyl groups is 2. The highest BCUT2D eigenvalue weighted by Crippen LogP contribution is 1.92. The van der Waals surface area contributed by atoms with Crippen LogP contribution in [0.3, 0.4) is 0 Å². The van der Waals surface area contributed by atoms with Gasteiger partial charge in [0.15, 0.2) is 0 Å². The van der Waals surface area contributed by atoms with E-state index in [4.69, 9.17) is 10.2 Å². The molecule has 0 aliphatic rings. The van der Waals surface area contributed by atoms with Crippen LogP contribution in [0.25, 0.3) is 0 Å². The summed E-state index contributed by atoms with van der Waals surface area (Å²) in [5, 5.41) is 35.7. The van der Waals surface area contributed by atoms with Crippen LogP contribution >= 0.6 is 0 Å². The molecule has 2 unspecified atom stereocenters. The normalized spacial score (nSPS) is 13.3. The van der Waals surface area contributed by atoms with Gasteiger partial charge in [-0.1, -0.05) is 6.92 Å². The molecule has 0 aliphatic heterocycles. The zero-order chi connectivity index (χ0) is 12.4. The van der Waals surface area contributed by atoms with E-state index in [1.807, 2.05) is 0 Å². The van der Waals surface area contributed by atoms with E-state index in [1.165, 1.54) is 6.92 Å². The van der Waals surface area contributed by atoms with Crippen LogP contribution in [0.1, 0.15) is 20.3 Å². The van der Waals surface area contributed by atoms with Gasteiger partial charge in [-0.2, -0.15) is 0 Å². The van der Waals surface area contributed by atoms with Gasteiger partial charge in [-0.25, -0.2) is 0 Å². The fourth-order valence-electron chi connectivity index (χ4n) is 0.412. The summed E-state index contributed by atoms with van der Waals surface area (Å²) >= 11 is 0. The second kappa shape index (κ2) is 9.28. The van der Waals surface area contributed by atoms with E-state index in [-0.39, 0.29) is 13.2 Å². The van der Waals surface area contributed by atoms with E-state index >= 15 is 0 Å². The second-order valence-electron chi connectivity index (χ2n) is 2.85. The summed E-state index contributed by atoms with van der Waals surface area (Å²) in [6.07, 6.45) is 0.392. The molecular weight excluding hydrogens is 208 g/mol. The predicted molar refractivity (Wildman–Crippen MR) is 51.7 cm³/mol. The Morgan fingerprint density at radius 2 is 1.60 bits per heavy atom. The summed E-state index contributed by atoms with van der Waals surface area (Å²) in [4.78, 5) is 18.4. The van der Waals surface area contributed by atoms with Crippen LogP contribution in [0.5, 0.6) is 0 Å². The molecule has 0 aliphatic carbocycles. The molecule has 0 spiro atoms. The Balaban J connectivity index is 0. The second-order valence-corrected chi connectivity index (χ2v) is 2.85. The zero-order valence-corrected chi connectivity index (χ0v) is 8.70. The SMILES string of the molecule is CC(CO)[N+](=O)[O-].CCC(CO)[N+](=O)[O-]. The molecule has 0 amide bonds. The number of aliphatic hydroxyl groups excluding tert-OH is 2. The molecule has 0 aromatic heterocycles. The van der Waals surface area contributed by atoms with Gasteiger partial charge in [0.05, 0.1) is 0 Å². The first-order valence-corrected chi connectivity index (χ1v) is 4.39. The molecule has 15 heavy (non-hydrogen) atoms. The van der Waals surface area contributed by atoms with Gasteiger partial charge < -0.3 is 10.2 Å². The minimum atomic E-state index is -0.819. The molecule has 0 aromatic rings. The largest absolute Gasteiger partial charge is 0.389 e. The zero-order valence-electron chi connectivity index (χ0n) is 8.70. The number of hydrogen-bond acceptors (Lipinski definition) is 6. The maximum Gasteiger partial charge on any atom is 0.235 e. The minimum Gasteiger partial charge on any atom is -0.389 e. The third-order valence-electron chi connectivity index (χ3n) is 1.60. The van der Waals surface area contributed by atoms with Gasteiger partial charge in [-0.3, -0.25) is 20.2 Å². The molecule has 0 aromatic carbocycles. The first-order chi connectivity index (χ1) is 6.90. The molecule has 0 fully saturated rings. The molecule has 8 nitrogen and oxygen atoms in total. The Kier molecular flexibility index (Phi) is 10.0. The molecule has 2 N–H and O–H groups in total. The molecule has 2 atom stereocenters. The lowest BCUT2D eigenvalue weighted by Crippen LogP contribution is -2.22. The quantitative estimate of drug-likeness (QED) is 0.486. The molecule has 0 bridgehead atoms. The Morgan fingerprint density at radius 1 is 1.13 bits per heavy atom. The summed E-state index contributed by atoms with van der Waals surface area (Å²) in [5.41, 5.74) is 0. The van der Waals surface area contributed by atoms with Crippen molar-refractivity contribution in [2.75, 3.05) is 13.2 Å². The molecule has 0 radical (unpaired) electrons. The highest BCUT2D eigenvalue weighted by Gasteiger charge is 2.13. The van der Waals surface area contributed by atoms with Gasteiger partial charge in [-0.05, 0) is 0 Å². The highest BCUT2D eigenvalue weighted by atomic mass is 16.6. The summed E-state index contributed by atoms with van der Waals surface area (Å²) in [6, 6.07) is -1.59. The van der Waals surface area contributed by atoms with Gasteiger partial charge in [0, 0.05) is 23.2 Å². The lowest BCUT2D eigenvalue weighted by Gasteiger charge is -1.99. The minimum absolute atomic E-state index is 0.358. The van der Waals surface area contributed by atoms with Crippen molar-refractivity contribution in [3.05, 3.63) is 20.2 Å². The van der Waals surface area contributed by atoms with E-state index in [0.717, 1.165) is 0 Å². The molecule has 0 saturated carbocycles. The van der Waals surface area contributed by atoms with Gasteiger partial charge >= 0.3 is 0 Å². The van der Waals surface area contributed by atoms with Crippen LogP contribution in [0, 0.1) is 20.2 Å². The first kappa shape index (κ1) is 16.2. The lowest BCUT2D eigenvalue weighted by atomic mass is 10.3. The Hall–Kier alpha value is -1.28. The molecule has 8 heteroatoms. The number of rotatable bonds is 5. The highest BCUT2D eigenvalue weighted by molar-refractivity contribution is 4.47. The molecule has 90 valence electrons. The van der Waals surface area contributed by atoms with Crippen molar-refractivity contribution in [1.29, 1.82) is 0 Å². The van der Waals surface area contributed by atoms with Crippen molar-refractivity contribution >= 4 is 0 Å². The van der Waals surface area contributed by atoms with Crippen LogP contribution in [0.2, 0.25) is 0 Å². The van der Waals surface area contributed by atoms with Crippen LogP contribution in [-0.2, 0) is 0 Å². The van der Waals surface area contributed by atoms with E-state index in [0.29, 0.717) is 6.42 Å². The van der Waals surface area contributed by atoms with Crippen molar-refractivity contribution in [3.63, 3.8) is 0 Å². The van der Waals surface area contributed by atoms with Crippen LogP contribution in [0.15, 0.2) is 0 Å². The third-order valence-corrected chi connectivity index (χ3v) is 1.60. The molecule has 0 rings (SSSR count). The maximum atomic E-state index is 9.81. The van der Waals surface area contributed by atoms with Crippen molar-refractivity contribution < 1.29 is 20.1 Å². The Labute approximate surface area is 86.8 Å². The van der Waals surface area contributed by atoms with Gasteiger partial charge in [0.25, 0.3) is 0 Å². The Morgan fingerprint density at radius 3 is 1.60 bits per heavy atom. The van der Waals surface area contributed by atoms with Gasteiger partial charge in [0.2, 0.25) is 12.1 Å². The molecule has 0 heterocycles. The average molecular weight is 224 g/mol. The van der Waals surface area contributed by atoms with Crippen molar-refractivity contribution in [3.8, 4) is 0 Å². The standard InChI is InChI=1S/C4H9NO3.C3H7NO3/c1-2-4(3-6)5(7)8;1-3(2-5)4(6)7/h4,6H,2-3H2,1H3;3,5H,2H2,1H3. The summed E-state index contributed by atoms with van der Waals surface area (Å²) in [5.74, 6) is 0. The lowest BCUT2D eigenvalue weighted by molar-refractivity contribution is -0.526. The van der Waals surface area contributed by atoms with Crippen molar-refractivity contribution in [2.24, 2.45) is 0 Å². The van der Waals surface area contributed by atoms with Crippen LogP contribution < -0.4 is 0 Å². The summed E-state index contributed by atoms with van der Waals surface area (Å²) < 4.78 is 0. The fraction of sp³-hybridized carbons (Fsp3) is 1.00. The number of hydrogen-bond donors (Lipinski definition) is 2. The van der Waals surface area contributed by atoms with Gasteiger partial charge in [-0.15, -0.1) is 0 Å². The average Bonchev–Trinajstić information content (AvgIpc) is 2.18. The summed E-state index contributed by atoms with van der Waals surface area (Å²) in [6.45, 7) is 2.28. The smallest absolute Gasteiger partial charge is 0.235 e. The maximum absolute atomic E-state index is 9.81. The molecular formula is C7H16N2O6. The van der Waals surface area contributed by atoms with Crippen LogP contribution in [-0.4, -0.2) is 45.4 Å². The monoisotopic (exact) mass is 224 g/mol. The van der Waals surface area contributed by atoms with E-state index in [9.17, 15) is 20.2 Å². The number of nitro groups is 2. The van der Waals surface area contributed by atoms with Crippen molar-refractivity contribution in [2.45, 2.75) is 32.4 Å². The van der Waals surface area contributed by atoms with E-state index in [2.05, 4.69) is 0 Å². The number of nitrogens with zero attached hydrogens (tertiary/aromatic N) is 2. The molecule has 0 saturated heterocycles. The summed E-state index contributed by atoms with van der Waals surface area (Å²) in [7, 11) is 0. The van der Waals surface area contributed by atoms with E-state index < -0.39 is 21.9 Å². The van der Waals surface area contributed by atoms with E-state index in [1.54, 1.807) is 6.92 Å². The predicted octanol–water partition coefficient (Wildman–Crippen LogP) is -0.322. The third kappa shape index (κ3) is 9.03. The van der Waals surface area contributed by atoms with Crippen LogP contribution in [0.4, 0.5) is 0 Å². The topological polar surface area (TPSA) is 127 Å². The van der Waals surface area contributed by atoms with Gasteiger partial charge in [0.1, 0.15) is 13.2 Å². The first-order valence-electron chi connectivity index (χ1n) is 4.39. The Bertz CT molecular complexity index is 194. The van der Waals surface area contributed by atoms with Crippen molar-refractivity contribution in [1.82, 2.24) is 0 Å².